The molecule has 3 heterocycles. The van der Waals surface area contributed by atoms with Gasteiger partial charge in [-0.3, -0.25) is 4.98 Å². The standard InChI is InChI=1S/C17H17ClF3N3O/c18-14-10-22-6-3-15(14)25-11-12-4-7-24(8-5-12)16-2-1-13(9-23-16)17(19,20)21/h1-3,6,9-10,12H,4-5,7-8,11H2. The van der Waals surface area contributed by atoms with Crippen molar-refractivity contribution >= 4 is 17.4 Å². The Morgan fingerprint density at radius 1 is 1.16 bits per heavy atom. The van der Waals surface area contributed by atoms with Crippen molar-refractivity contribution < 1.29 is 17.9 Å². The molecule has 2 aromatic heterocycles. The van der Waals surface area contributed by atoms with Crippen LogP contribution in [0.5, 0.6) is 5.75 Å². The minimum Gasteiger partial charge on any atom is -0.492 e. The van der Waals surface area contributed by atoms with Gasteiger partial charge in [-0.1, -0.05) is 11.6 Å². The molecule has 1 aliphatic heterocycles. The second-order valence-corrected chi connectivity index (χ2v) is 6.36. The average Bonchev–Trinajstić information content (AvgIpc) is 2.61. The average molecular weight is 372 g/mol. The van der Waals surface area contributed by atoms with Gasteiger partial charge in [-0.2, -0.15) is 13.2 Å². The number of rotatable bonds is 4. The number of halogens is 4. The van der Waals surface area contributed by atoms with Gasteiger partial charge in [0.2, 0.25) is 0 Å². The summed E-state index contributed by atoms with van der Waals surface area (Å²) in [5, 5.41) is 0.480. The molecule has 4 nitrogen and oxygen atoms in total. The Hall–Kier alpha value is -2.02. The largest absolute Gasteiger partial charge is 0.492 e. The molecule has 0 radical (unpaired) electrons. The van der Waals surface area contributed by atoms with Crippen LogP contribution in [0.15, 0.2) is 36.8 Å². The summed E-state index contributed by atoms with van der Waals surface area (Å²) in [7, 11) is 0. The van der Waals surface area contributed by atoms with Gasteiger partial charge in [-0.25, -0.2) is 4.98 Å². The molecule has 0 saturated carbocycles. The molecule has 2 aromatic rings. The Kier molecular flexibility index (Phi) is 5.32. The van der Waals surface area contributed by atoms with Crippen LogP contribution in [-0.2, 0) is 6.18 Å². The van der Waals surface area contributed by atoms with Gasteiger partial charge >= 0.3 is 6.18 Å². The minimum absolute atomic E-state index is 0.370. The fourth-order valence-electron chi connectivity index (χ4n) is 2.76. The van der Waals surface area contributed by atoms with E-state index < -0.39 is 11.7 Å². The zero-order valence-corrected chi connectivity index (χ0v) is 14.1. The first-order valence-electron chi connectivity index (χ1n) is 7.94. The van der Waals surface area contributed by atoms with Crippen molar-refractivity contribution in [2.45, 2.75) is 19.0 Å². The van der Waals surface area contributed by atoms with Crippen LogP contribution < -0.4 is 9.64 Å². The van der Waals surface area contributed by atoms with Gasteiger partial charge in [0.1, 0.15) is 16.6 Å². The molecular formula is C17H17ClF3N3O. The molecule has 1 aliphatic rings. The van der Waals surface area contributed by atoms with Crippen molar-refractivity contribution in [2.24, 2.45) is 5.92 Å². The number of hydrogen-bond acceptors (Lipinski definition) is 4. The van der Waals surface area contributed by atoms with Crippen molar-refractivity contribution in [1.82, 2.24) is 9.97 Å². The van der Waals surface area contributed by atoms with Crippen LogP contribution in [0.25, 0.3) is 0 Å². The van der Waals surface area contributed by atoms with Crippen LogP contribution >= 0.6 is 11.6 Å². The Morgan fingerprint density at radius 2 is 1.92 bits per heavy atom. The van der Waals surface area contributed by atoms with Gasteiger partial charge in [0.25, 0.3) is 0 Å². The third-order valence-corrected chi connectivity index (χ3v) is 4.51. The molecule has 0 amide bonds. The molecule has 0 N–H and O–H groups in total. The highest BCUT2D eigenvalue weighted by atomic mass is 35.5. The number of nitrogens with zero attached hydrogens (tertiary/aromatic N) is 3. The van der Waals surface area contributed by atoms with Crippen LogP contribution in [-0.4, -0.2) is 29.7 Å². The summed E-state index contributed by atoms with van der Waals surface area (Å²) in [5.41, 5.74) is -0.728. The SMILES string of the molecule is FC(F)(F)c1ccc(N2CCC(COc3ccncc3Cl)CC2)nc1. The Bertz CT molecular complexity index is 701. The van der Waals surface area contributed by atoms with Gasteiger partial charge in [-0.05, 0) is 30.9 Å². The van der Waals surface area contributed by atoms with Crippen molar-refractivity contribution in [1.29, 1.82) is 0 Å². The zero-order valence-electron chi connectivity index (χ0n) is 13.3. The second kappa shape index (κ2) is 7.47. The lowest BCUT2D eigenvalue weighted by atomic mass is 9.98. The first kappa shape index (κ1) is 17.8. The predicted molar refractivity (Wildman–Crippen MR) is 88.9 cm³/mol. The Labute approximate surface area is 148 Å². The summed E-state index contributed by atoms with van der Waals surface area (Å²) >= 11 is 6.01. The lowest BCUT2D eigenvalue weighted by Gasteiger charge is -2.32. The monoisotopic (exact) mass is 371 g/mol. The number of piperidine rings is 1. The quantitative estimate of drug-likeness (QED) is 0.796. The molecule has 1 saturated heterocycles. The fraction of sp³-hybridized carbons (Fsp3) is 0.412. The highest BCUT2D eigenvalue weighted by Gasteiger charge is 2.31. The molecular weight excluding hydrogens is 355 g/mol. The summed E-state index contributed by atoms with van der Waals surface area (Å²) in [5.74, 6) is 1.56. The maximum atomic E-state index is 12.6. The van der Waals surface area contributed by atoms with E-state index in [2.05, 4.69) is 9.97 Å². The van der Waals surface area contributed by atoms with Crippen LogP contribution in [0.1, 0.15) is 18.4 Å². The molecule has 0 bridgehead atoms. The van der Waals surface area contributed by atoms with Crippen LogP contribution in [0, 0.1) is 5.92 Å². The van der Waals surface area contributed by atoms with Gasteiger partial charge in [0.05, 0.1) is 12.2 Å². The molecule has 0 aromatic carbocycles. The van der Waals surface area contributed by atoms with E-state index in [4.69, 9.17) is 16.3 Å². The van der Waals surface area contributed by atoms with E-state index in [1.165, 1.54) is 12.3 Å². The number of hydrogen-bond donors (Lipinski definition) is 0. The molecule has 134 valence electrons. The lowest BCUT2D eigenvalue weighted by Crippen LogP contribution is -2.36. The van der Waals surface area contributed by atoms with E-state index in [0.717, 1.165) is 38.2 Å². The maximum absolute atomic E-state index is 12.6. The zero-order chi connectivity index (χ0) is 17.9. The lowest BCUT2D eigenvalue weighted by molar-refractivity contribution is -0.137. The fourth-order valence-corrected chi connectivity index (χ4v) is 2.93. The normalized spacial score (nSPS) is 16.1. The van der Waals surface area contributed by atoms with Gasteiger partial charge in [0.15, 0.2) is 0 Å². The first-order valence-corrected chi connectivity index (χ1v) is 8.32. The highest BCUT2D eigenvalue weighted by Crippen LogP contribution is 2.30. The third-order valence-electron chi connectivity index (χ3n) is 4.22. The highest BCUT2D eigenvalue weighted by molar-refractivity contribution is 6.31. The number of alkyl halides is 3. The van der Waals surface area contributed by atoms with E-state index in [9.17, 15) is 13.2 Å². The molecule has 3 rings (SSSR count). The number of pyridine rings is 2. The number of anilines is 1. The van der Waals surface area contributed by atoms with Crippen molar-refractivity contribution in [3.63, 3.8) is 0 Å². The summed E-state index contributed by atoms with van der Waals surface area (Å²) in [6.07, 6.45) is 1.45. The summed E-state index contributed by atoms with van der Waals surface area (Å²) in [6, 6.07) is 4.23. The molecule has 8 heteroatoms. The van der Waals surface area contributed by atoms with Gasteiger partial charge < -0.3 is 9.64 Å². The number of aromatic nitrogens is 2. The van der Waals surface area contributed by atoms with Crippen molar-refractivity contribution in [3.05, 3.63) is 47.4 Å². The second-order valence-electron chi connectivity index (χ2n) is 5.95. The van der Waals surface area contributed by atoms with Crippen LogP contribution in [0.2, 0.25) is 5.02 Å². The third kappa shape index (κ3) is 4.54. The predicted octanol–water partition coefficient (Wildman–Crippen LogP) is 4.44. The van der Waals surface area contributed by atoms with E-state index in [1.807, 2.05) is 4.90 Å². The summed E-state index contributed by atoms with van der Waals surface area (Å²) in [6.45, 7) is 2.02. The molecule has 1 fully saturated rings. The summed E-state index contributed by atoms with van der Waals surface area (Å²) in [4.78, 5) is 9.85. The number of ether oxygens (including phenoxy) is 1. The topological polar surface area (TPSA) is 38.2 Å². The smallest absolute Gasteiger partial charge is 0.417 e. The molecule has 0 aliphatic carbocycles. The van der Waals surface area contributed by atoms with Gasteiger partial charge in [0, 0.05) is 37.7 Å². The van der Waals surface area contributed by atoms with Crippen LogP contribution in [0.3, 0.4) is 0 Å². The first-order chi connectivity index (χ1) is 11.9. The van der Waals surface area contributed by atoms with E-state index in [-0.39, 0.29) is 0 Å². The van der Waals surface area contributed by atoms with Crippen molar-refractivity contribution in [3.8, 4) is 5.75 Å². The minimum atomic E-state index is -4.36. The van der Waals surface area contributed by atoms with E-state index in [0.29, 0.717) is 29.1 Å². The molecule has 0 unspecified atom stereocenters. The van der Waals surface area contributed by atoms with Gasteiger partial charge in [-0.15, -0.1) is 0 Å². The molecule has 0 atom stereocenters. The Balaban J connectivity index is 1.51. The Morgan fingerprint density at radius 3 is 2.52 bits per heavy atom. The van der Waals surface area contributed by atoms with Crippen LogP contribution in [0.4, 0.5) is 19.0 Å². The summed E-state index contributed by atoms with van der Waals surface area (Å²) < 4.78 is 43.5. The van der Waals surface area contributed by atoms with Crippen molar-refractivity contribution in [2.75, 3.05) is 24.6 Å². The molecule has 25 heavy (non-hydrogen) atoms. The van der Waals surface area contributed by atoms with E-state index >= 15 is 0 Å². The molecule has 0 spiro atoms. The maximum Gasteiger partial charge on any atom is 0.417 e. The van der Waals surface area contributed by atoms with E-state index in [1.54, 1.807) is 12.3 Å².